The largest absolute Gasteiger partial charge is 0.495 e. The quantitative estimate of drug-likeness (QED) is 0.428. The molecule has 1 fully saturated rings. The molecule has 0 bridgehead atoms. The van der Waals surface area contributed by atoms with Gasteiger partial charge in [0.1, 0.15) is 5.75 Å². The number of H-pyrrole nitrogens is 1. The average molecular weight is 454 g/mol. The van der Waals surface area contributed by atoms with Crippen molar-refractivity contribution >= 4 is 22.5 Å². The van der Waals surface area contributed by atoms with E-state index in [2.05, 4.69) is 71.5 Å². The number of aromatic nitrogens is 1. The van der Waals surface area contributed by atoms with E-state index in [4.69, 9.17) is 4.74 Å². The number of aromatic amines is 1. The van der Waals surface area contributed by atoms with Gasteiger partial charge in [-0.05, 0) is 36.2 Å². The molecule has 1 aromatic heterocycles. The van der Waals surface area contributed by atoms with Gasteiger partial charge in [0.25, 0.3) is 0 Å². The van der Waals surface area contributed by atoms with Gasteiger partial charge in [-0.3, -0.25) is 4.79 Å². The van der Waals surface area contributed by atoms with Gasteiger partial charge in [0.05, 0.1) is 12.8 Å². The van der Waals surface area contributed by atoms with Crippen molar-refractivity contribution < 1.29 is 9.53 Å². The second-order valence-electron chi connectivity index (χ2n) is 9.00. The highest BCUT2D eigenvalue weighted by molar-refractivity contribution is 5.86. The number of para-hydroxylation sites is 3. The van der Waals surface area contributed by atoms with Crippen molar-refractivity contribution in [1.29, 1.82) is 0 Å². The van der Waals surface area contributed by atoms with Crippen LogP contribution in [0.1, 0.15) is 29.0 Å². The van der Waals surface area contributed by atoms with Crippen molar-refractivity contribution in [3.05, 3.63) is 95.7 Å². The molecule has 5 heteroatoms. The van der Waals surface area contributed by atoms with Crippen molar-refractivity contribution in [1.82, 2.24) is 9.88 Å². The number of nitrogens with zero attached hydrogens (tertiary/aromatic N) is 2. The molecule has 5 rings (SSSR count). The number of piperazine rings is 1. The summed E-state index contributed by atoms with van der Waals surface area (Å²) >= 11 is 0. The summed E-state index contributed by atoms with van der Waals surface area (Å²) in [5.74, 6) is 1.09. The smallest absolute Gasteiger partial charge is 0.223 e. The molecule has 1 saturated heterocycles. The molecule has 174 valence electrons. The highest BCUT2D eigenvalue weighted by Crippen LogP contribution is 2.34. The number of hydrogen-bond donors (Lipinski definition) is 1. The van der Waals surface area contributed by atoms with Gasteiger partial charge in [0, 0.05) is 55.6 Å². The van der Waals surface area contributed by atoms with Crippen LogP contribution in [0.15, 0.2) is 79.0 Å². The lowest BCUT2D eigenvalue weighted by Crippen LogP contribution is -2.49. The molecule has 0 unspecified atom stereocenters. The van der Waals surface area contributed by atoms with E-state index in [1.54, 1.807) is 7.11 Å². The second kappa shape index (κ2) is 9.64. The maximum Gasteiger partial charge on any atom is 0.223 e. The Kier molecular flexibility index (Phi) is 6.26. The third kappa shape index (κ3) is 4.38. The summed E-state index contributed by atoms with van der Waals surface area (Å²) < 4.78 is 5.53. The number of fused-ring (bicyclic) bond motifs is 1. The molecule has 3 aromatic carbocycles. The number of carbonyl (C=O) groups is 1. The Labute approximate surface area is 201 Å². The summed E-state index contributed by atoms with van der Waals surface area (Å²) in [6.45, 7) is 5.12. The van der Waals surface area contributed by atoms with Crippen molar-refractivity contribution in [3.8, 4) is 5.75 Å². The number of hydrogen-bond acceptors (Lipinski definition) is 3. The van der Waals surface area contributed by atoms with Gasteiger partial charge >= 0.3 is 0 Å². The predicted octanol–water partition coefficient (Wildman–Crippen LogP) is 5.36. The van der Waals surface area contributed by atoms with E-state index >= 15 is 0 Å². The van der Waals surface area contributed by atoms with E-state index in [0.717, 1.165) is 30.0 Å². The maximum absolute atomic E-state index is 13.5. The van der Waals surface area contributed by atoms with Crippen LogP contribution in [0.2, 0.25) is 0 Å². The van der Waals surface area contributed by atoms with Crippen molar-refractivity contribution in [2.75, 3.05) is 38.2 Å². The molecule has 4 aromatic rings. The molecule has 0 radical (unpaired) electrons. The molecule has 1 aliphatic heterocycles. The monoisotopic (exact) mass is 453 g/mol. The Morgan fingerprint density at radius 1 is 0.941 bits per heavy atom. The van der Waals surface area contributed by atoms with Crippen LogP contribution < -0.4 is 9.64 Å². The fraction of sp³-hybridized carbons (Fsp3) is 0.276. The van der Waals surface area contributed by atoms with Gasteiger partial charge in [-0.1, -0.05) is 60.2 Å². The fourth-order valence-corrected chi connectivity index (χ4v) is 4.98. The predicted molar refractivity (Wildman–Crippen MR) is 138 cm³/mol. The lowest BCUT2D eigenvalue weighted by Gasteiger charge is -2.37. The summed E-state index contributed by atoms with van der Waals surface area (Å²) in [5.41, 5.74) is 5.78. The van der Waals surface area contributed by atoms with Gasteiger partial charge in [-0.2, -0.15) is 0 Å². The number of rotatable bonds is 6. The molecular weight excluding hydrogens is 422 g/mol. The van der Waals surface area contributed by atoms with E-state index in [9.17, 15) is 4.79 Å². The SMILES string of the molecule is COc1ccccc1N1CCN(C(=O)C[C@H](c2ccc(C)cc2)c2c[nH]c3ccccc23)CC1. The number of benzene rings is 3. The molecule has 1 amide bonds. The van der Waals surface area contributed by atoms with Crippen molar-refractivity contribution in [3.63, 3.8) is 0 Å². The zero-order valence-corrected chi connectivity index (χ0v) is 19.8. The average Bonchev–Trinajstić information content (AvgIpc) is 3.32. The lowest BCUT2D eigenvalue weighted by atomic mass is 9.87. The molecule has 1 atom stereocenters. The maximum atomic E-state index is 13.5. The highest BCUT2D eigenvalue weighted by Gasteiger charge is 2.27. The third-order valence-electron chi connectivity index (χ3n) is 6.91. The van der Waals surface area contributed by atoms with Crippen LogP contribution in [0.25, 0.3) is 10.9 Å². The first-order chi connectivity index (χ1) is 16.6. The van der Waals surface area contributed by atoms with Gasteiger partial charge < -0.3 is 19.5 Å². The molecule has 0 aliphatic carbocycles. The standard InChI is InChI=1S/C29H31N3O2/c1-21-11-13-22(14-12-21)24(25-20-30-26-8-4-3-7-23(25)26)19-29(33)32-17-15-31(16-18-32)27-9-5-6-10-28(27)34-2/h3-14,20,24,30H,15-19H2,1-2H3/t24-/m1/s1. The van der Waals surface area contributed by atoms with E-state index < -0.39 is 0 Å². The molecule has 1 aliphatic rings. The van der Waals surface area contributed by atoms with Gasteiger partial charge in [-0.25, -0.2) is 0 Å². The number of anilines is 1. The molecule has 0 spiro atoms. The number of methoxy groups -OCH3 is 1. The Hall–Kier alpha value is -3.73. The number of nitrogens with one attached hydrogen (secondary N) is 1. The first-order valence-corrected chi connectivity index (χ1v) is 11.9. The van der Waals surface area contributed by atoms with Crippen LogP contribution >= 0.6 is 0 Å². The van der Waals surface area contributed by atoms with Crippen LogP contribution in [0.3, 0.4) is 0 Å². The van der Waals surface area contributed by atoms with Crippen molar-refractivity contribution in [2.24, 2.45) is 0 Å². The molecule has 1 N–H and O–H groups in total. The zero-order valence-electron chi connectivity index (χ0n) is 19.8. The summed E-state index contributed by atoms with van der Waals surface area (Å²) in [6.07, 6.45) is 2.53. The molecule has 5 nitrogen and oxygen atoms in total. The van der Waals surface area contributed by atoms with Gasteiger partial charge in [-0.15, -0.1) is 0 Å². The third-order valence-corrected chi connectivity index (χ3v) is 6.91. The van der Waals surface area contributed by atoms with Crippen LogP contribution in [0.5, 0.6) is 5.75 Å². The Morgan fingerprint density at radius 3 is 2.41 bits per heavy atom. The summed E-state index contributed by atoms with van der Waals surface area (Å²) in [5, 5.41) is 1.18. The molecular formula is C29H31N3O2. The minimum Gasteiger partial charge on any atom is -0.495 e. The van der Waals surface area contributed by atoms with E-state index in [1.165, 1.54) is 22.1 Å². The first kappa shape index (κ1) is 22.1. The Morgan fingerprint density at radius 2 is 1.65 bits per heavy atom. The first-order valence-electron chi connectivity index (χ1n) is 11.9. The van der Waals surface area contributed by atoms with Gasteiger partial charge in [0.2, 0.25) is 5.91 Å². The van der Waals surface area contributed by atoms with Crippen LogP contribution in [-0.4, -0.2) is 49.1 Å². The summed E-state index contributed by atoms with van der Waals surface area (Å²) in [4.78, 5) is 21.2. The van der Waals surface area contributed by atoms with Gasteiger partial charge in [0.15, 0.2) is 0 Å². The van der Waals surface area contributed by atoms with Crippen LogP contribution in [0, 0.1) is 6.92 Å². The fourth-order valence-electron chi connectivity index (χ4n) is 4.98. The second-order valence-corrected chi connectivity index (χ2v) is 9.00. The minimum absolute atomic E-state index is 0.0106. The number of aryl methyl sites for hydroxylation is 1. The number of amides is 1. The minimum atomic E-state index is 0.0106. The topological polar surface area (TPSA) is 48.6 Å². The molecule has 0 saturated carbocycles. The highest BCUT2D eigenvalue weighted by atomic mass is 16.5. The Balaban J connectivity index is 1.35. The lowest BCUT2D eigenvalue weighted by molar-refractivity contribution is -0.131. The summed E-state index contributed by atoms with van der Waals surface area (Å²) in [7, 11) is 1.70. The summed E-state index contributed by atoms with van der Waals surface area (Å²) in [6, 6.07) is 25.0. The van der Waals surface area contributed by atoms with Crippen LogP contribution in [-0.2, 0) is 4.79 Å². The van der Waals surface area contributed by atoms with E-state index in [1.807, 2.05) is 29.2 Å². The molecule has 34 heavy (non-hydrogen) atoms. The van der Waals surface area contributed by atoms with Crippen molar-refractivity contribution in [2.45, 2.75) is 19.3 Å². The zero-order chi connectivity index (χ0) is 23.5. The van der Waals surface area contributed by atoms with E-state index in [-0.39, 0.29) is 11.8 Å². The number of ether oxygens (including phenoxy) is 1. The normalized spacial score (nSPS) is 14.9. The molecule has 2 heterocycles. The van der Waals surface area contributed by atoms with Crippen LogP contribution in [0.4, 0.5) is 5.69 Å². The number of carbonyl (C=O) groups excluding carboxylic acids is 1. The van der Waals surface area contributed by atoms with E-state index in [0.29, 0.717) is 19.5 Å². The Bertz CT molecular complexity index is 1270.